The first kappa shape index (κ1) is 13.3. The summed E-state index contributed by atoms with van der Waals surface area (Å²) >= 11 is 0. The second kappa shape index (κ2) is 4.84. The number of ether oxygens (including phenoxy) is 1. The van der Waals surface area contributed by atoms with E-state index in [4.69, 9.17) is 4.74 Å². The van der Waals surface area contributed by atoms with Crippen molar-refractivity contribution in [2.45, 2.75) is 38.3 Å². The van der Waals surface area contributed by atoms with Crippen LogP contribution in [0.3, 0.4) is 0 Å². The minimum Gasteiger partial charge on any atom is -0.377 e. The normalized spacial score (nSPS) is 33.4. The first-order valence-corrected chi connectivity index (χ1v) is 7.84. The van der Waals surface area contributed by atoms with Gasteiger partial charge in [0, 0.05) is 31.8 Å². The summed E-state index contributed by atoms with van der Waals surface area (Å²) in [6, 6.07) is 0. The SMILES string of the molecule is CC1(C)CN(CC2CCCO2)S(=O)(=O)CCN1. The van der Waals surface area contributed by atoms with Crippen molar-refractivity contribution in [1.29, 1.82) is 0 Å². The van der Waals surface area contributed by atoms with Crippen LogP contribution in [0.25, 0.3) is 0 Å². The van der Waals surface area contributed by atoms with Gasteiger partial charge in [-0.05, 0) is 26.7 Å². The first-order chi connectivity index (χ1) is 7.89. The maximum atomic E-state index is 12.1. The van der Waals surface area contributed by atoms with Crippen LogP contribution < -0.4 is 5.32 Å². The lowest BCUT2D eigenvalue weighted by Crippen LogP contribution is -2.48. The molecule has 17 heavy (non-hydrogen) atoms. The van der Waals surface area contributed by atoms with Crippen LogP contribution in [-0.2, 0) is 14.8 Å². The van der Waals surface area contributed by atoms with Crippen LogP contribution in [0.15, 0.2) is 0 Å². The smallest absolute Gasteiger partial charge is 0.215 e. The zero-order valence-electron chi connectivity index (χ0n) is 10.6. The number of rotatable bonds is 2. The van der Waals surface area contributed by atoms with Crippen LogP contribution >= 0.6 is 0 Å². The zero-order valence-corrected chi connectivity index (χ0v) is 11.4. The summed E-state index contributed by atoms with van der Waals surface area (Å²) in [5.41, 5.74) is -0.165. The number of hydrogen-bond donors (Lipinski definition) is 1. The lowest BCUT2D eigenvalue weighted by molar-refractivity contribution is 0.0901. The van der Waals surface area contributed by atoms with Crippen molar-refractivity contribution >= 4 is 10.0 Å². The molecule has 1 atom stereocenters. The van der Waals surface area contributed by atoms with Crippen molar-refractivity contribution in [3.8, 4) is 0 Å². The van der Waals surface area contributed by atoms with E-state index in [0.717, 1.165) is 19.4 Å². The van der Waals surface area contributed by atoms with Gasteiger partial charge < -0.3 is 10.1 Å². The lowest BCUT2D eigenvalue weighted by atomic mass is 10.1. The molecule has 5 nitrogen and oxygen atoms in total. The molecular weight excluding hydrogens is 240 g/mol. The third kappa shape index (κ3) is 3.40. The second-order valence-corrected chi connectivity index (χ2v) is 7.64. The number of hydrogen-bond acceptors (Lipinski definition) is 4. The molecule has 0 aromatic carbocycles. The summed E-state index contributed by atoms with van der Waals surface area (Å²) in [4.78, 5) is 0. The third-order valence-electron chi connectivity index (χ3n) is 3.36. The summed E-state index contributed by atoms with van der Waals surface area (Å²) < 4.78 is 31.3. The number of sulfonamides is 1. The summed E-state index contributed by atoms with van der Waals surface area (Å²) in [5, 5.41) is 3.27. The second-order valence-electron chi connectivity index (χ2n) is 5.55. The Morgan fingerprint density at radius 2 is 2.24 bits per heavy atom. The predicted molar refractivity (Wildman–Crippen MR) is 66.4 cm³/mol. The minimum absolute atomic E-state index is 0.0821. The van der Waals surface area contributed by atoms with Crippen molar-refractivity contribution in [1.82, 2.24) is 9.62 Å². The average Bonchev–Trinajstić information content (AvgIpc) is 2.64. The quantitative estimate of drug-likeness (QED) is 0.771. The van der Waals surface area contributed by atoms with E-state index in [1.807, 2.05) is 13.8 Å². The summed E-state index contributed by atoms with van der Waals surface area (Å²) in [7, 11) is -3.13. The van der Waals surface area contributed by atoms with Gasteiger partial charge in [-0.1, -0.05) is 0 Å². The Labute approximate surface area is 104 Å². The van der Waals surface area contributed by atoms with E-state index in [0.29, 0.717) is 19.6 Å². The first-order valence-electron chi connectivity index (χ1n) is 6.24. The molecule has 2 aliphatic heterocycles. The average molecular weight is 262 g/mol. The molecule has 2 aliphatic rings. The highest BCUT2D eigenvalue weighted by Crippen LogP contribution is 2.19. The van der Waals surface area contributed by atoms with E-state index in [9.17, 15) is 8.42 Å². The van der Waals surface area contributed by atoms with E-state index in [-0.39, 0.29) is 17.4 Å². The van der Waals surface area contributed by atoms with Gasteiger partial charge in [0.25, 0.3) is 0 Å². The Kier molecular flexibility index (Phi) is 3.77. The van der Waals surface area contributed by atoms with Gasteiger partial charge in [0.05, 0.1) is 11.9 Å². The fourth-order valence-electron chi connectivity index (χ4n) is 2.44. The highest BCUT2D eigenvalue weighted by molar-refractivity contribution is 7.89. The van der Waals surface area contributed by atoms with Crippen LogP contribution in [0.2, 0.25) is 0 Å². The maximum absolute atomic E-state index is 12.1. The maximum Gasteiger partial charge on any atom is 0.215 e. The van der Waals surface area contributed by atoms with Crippen molar-refractivity contribution in [3.05, 3.63) is 0 Å². The van der Waals surface area contributed by atoms with Gasteiger partial charge >= 0.3 is 0 Å². The van der Waals surface area contributed by atoms with Gasteiger partial charge in [-0.15, -0.1) is 0 Å². The highest BCUT2D eigenvalue weighted by atomic mass is 32.2. The van der Waals surface area contributed by atoms with Gasteiger partial charge in [-0.25, -0.2) is 8.42 Å². The van der Waals surface area contributed by atoms with Gasteiger partial charge in [0.1, 0.15) is 0 Å². The minimum atomic E-state index is -3.13. The highest BCUT2D eigenvalue weighted by Gasteiger charge is 2.34. The lowest BCUT2D eigenvalue weighted by Gasteiger charge is -2.30. The molecule has 0 saturated carbocycles. The fourth-order valence-corrected chi connectivity index (χ4v) is 3.97. The molecule has 0 amide bonds. The van der Waals surface area contributed by atoms with Gasteiger partial charge in [0.2, 0.25) is 10.0 Å². The van der Waals surface area contributed by atoms with E-state index in [2.05, 4.69) is 5.32 Å². The van der Waals surface area contributed by atoms with E-state index in [1.165, 1.54) is 0 Å². The molecule has 0 aliphatic carbocycles. The molecule has 100 valence electrons. The Morgan fingerprint density at radius 1 is 1.47 bits per heavy atom. The molecule has 0 radical (unpaired) electrons. The van der Waals surface area contributed by atoms with Gasteiger partial charge in [0.15, 0.2) is 0 Å². The van der Waals surface area contributed by atoms with E-state index in [1.54, 1.807) is 4.31 Å². The van der Waals surface area contributed by atoms with Crippen molar-refractivity contribution in [2.75, 3.05) is 32.0 Å². The topological polar surface area (TPSA) is 58.6 Å². The molecule has 2 saturated heterocycles. The summed E-state index contributed by atoms with van der Waals surface area (Å²) in [5.74, 6) is 0.184. The molecule has 2 rings (SSSR count). The summed E-state index contributed by atoms with van der Waals surface area (Å²) in [6.07, 6.45) is 2.10. The predicted octanol–water partition coefficient (Wildman–Crippen LogP) is 0.179. The van der Waals surface area contributed by atoms with Crippen molar-refractivity contribution in [3.63, 3.8) is 0 Å². The Balaban J connectivity index is 2.09. The summed E-state index contributed by atoms with van der Waals surface area (Å²) in [6.45, 7) is 6.40. The Hall–Kier alpha value is -0.170. The molecule has 2 fully saturated rings. The molecule has 1 N–H and O–H groups in total. The van der Waals surface area contributed by atoms with Crippen molar-refractivity contribution < 1.29 is 13.2 Å². The van der Waals surface area contributed by atoms with E-state index >= 15 is 0 Å². The monoisotopic (exact) mass is 262 g/mol. The number of nitrogens with one attached hydrogen (secondary N) is 1. The molecule has 1 unspecified atom stereocenters. The van der Waals surface area contributed by atoms with Gasteiger partial charge in [-0.3, -0.25) is 0 Å². The number of nitrogens with zero attached hydrogens (tertiary/aromatic N) is 1. The van der Waals surface area contributed by atoms with Crippen LogP contribution in [0.1, 0.15) is 26.7 Å². The Bertz CT molecular complexity index is 361. The fraction of sp³-hybridized carbons (Fsp3) is 1.00. The third-order valence-corrected chi connectivity index (χ3v) is 5.14. The van der Waals surface area contributed by atoms with E-state index < -0.39 is 10.0 Å². The molecular formula is C11H22N2O3S. The molecule has 6 heteroatoms. The molecule has 0 spiro atoms. The Morgan fingerprint density at radius 3 is 2.88 bits per heavy atom. The van der Waals surface area contributed by atoms with Gasteiger partial charge in [-0.2, -0.15) is 4.31 Å². The van der Waals surface area contributed by atoms with Crippen LogP contribution in [0.5, 0.6) is 0 Å². The molecule has 0 bridgehead atoms. The van der Waals surface area contributed by atoms with Crippen molar-refractivity contribution in [2.24, 2.45) is 0 Å². The van der Waals surface area contributed by atoms with Crippen LogP contribution in [-0.4, -0.2) is 56.4 Å². The largest absolute Gasteiger partial charge is 0.377 e. The molecule has 0 aromatic heterocycles. The molecule has 0 aromatic rings. The van der Waals surface area contributed by atoms with Crippen LogP contribution in [0.4, 0.5) is 0 Å². The molecule has 2 heterocycles. The zero-order chi connectivity index (χ0) is 12.5. The van der Waals surface area contributed by atoms with Crippen LogP contribution in [0, 0.1) is 0 Å². The standard InChI is InChI=1S/C11H22N2O3S/c1-11(2)9-13(8-10-4-3-6-16-10)17(14,15)7-5-12-11/h10,12H,3-9H2,1-2H3.